The van der Waals surface area contributed by atoms with E-state index in [2.05, 4.69) is 15.3 Å². The van der Waals surface area contributed by atoms with Crippen LogP contribution in [0, 0.1) is 0 Å². The summed E-state index contributed by atoms with van der Waals surface area (Å²) in [6.45, 7) is 0. The van der Waals surface area contributed by atoms with Crippen LogP contribution in [0.1, 0.15) is 18.4 Å². The van der Waals surface area contributed by atoms with Gasteiger partial charge >= 0.3 is 0 Å². The van der Waals surface area contributed by atoms with Crippen molar-refractivity contribution in [3.05, 3.63) is 42.2 Å². The Morgan fingerprint density at radius 3 is 2.82 bits per heavy atom. The van der Waals surface area contributed by atoms with Gasteiger partial charge in [-0.2, -0.15) is 4.99 Å². The summed E-state index contributed by atoms with van der Waals surface area (Å²) in [5, 5.41) is 7.77. The number of aliphatic imine (C=N–C) groups is 1. The third kappa shape index (κ3) is 1.57. The molecule has 0 saturated heterocycles. The van der Waals surface area contributed by atoms with E-state index in [-0.39, 0.29) is 5.54 Å². The maximum atomic E-state index is 10.5. The number of para-hydroxylation sites is 1. The van der Waals surface area contributed by atoms with Gasteiger partial charge in [0.25, 0.3) is 0 Å². The van der Waals surface area contributed by atoms with E-state index in [0.717, 1.165) is 24.1 Å². The predicted molar refractivity (Wildman–Crippen MR) is 60.4 cm³/mol. The van der Waals surface area contributed by atoms with E-state index in [4.69, 9.17) is 0 Å². The number of aromatic nitrogens is 3. The Hall–Kier alpha value is -2.26. The van der Waals surface area contributed by atoms with Gasteiger partial charge in [-0.25, -0.2) is 9.48 Å². The van der Waals surface area contributed by atoms with Gasteiger partial charge in [-0.15, -0.1) is 5.10 Å². The number of hydrogen-bond donors (Lipinski definition) is 0. The van der Waals surface area contributed by atoms with Crippen LogP contribution < -0.4 is 0 Å². The van der Waals surface area contributed by atoms with Crippen LogP contribution in [-0.2, 0) is 10.3 Å². The molecule has 1 fully saturated rings. The standard InChI is InChI=1S/C12H10N4O/c17-9-13-12(5-6-12)10-3-1-2-4-11(10)16-8-7-14-15-16/h1-4,7-8H,5-6H2. The number of nitrogens with zero attached hydrogens (tertiary/aromatic N) is 4. The molecular weight excluding hydrogens is 216 g/mol. The second-order valence-corrected chi connectivity index (χ2v) is 4.10. The number of isocyanates is 1. The molecule has 2 aromatic rings. The topological polar surface area (TPSA) is 60.1 Å². The van der Waals surface area contributed by atoms with Crippen molar-refractivity contribution >= 4 is 6.08 Å². The van der Waals surface area contributed by atoms with Gasteiger partial charge < -0.3 is 0 Å². The third-order valence-corrected chi connectivity index (χ3v) is 3.06. The van der Waals surface area contributed by atoms with Crippen LogP contribution in [0.3, 0.4) is 0 Å². The molecule has 0 atom stereocenters. The molecule has 0 amide bonds. The normalized spacial score (nSPS) is 16.2. The van der Waals surface area contributed by atoms with Gasteiger partial charge in [0, 0.05) is 5.56 Å². The van der Waals surface area contributed by atoms with Crippen molar-refractivity contribution in [3.63, 3.8) is 0 Å². The molecule has 1 aromatic heterocycles. The highest BCUT2D eigenvalue weighted by Crippen LogP contribution is 2.50. The fraction of sp³-hybridized carbons (Fsp3) is 0.250. The van der Waals surface area contributed by atoms with E-state index in [0.29, 0.717) is 0 Å². The summed E-state index contributed by atoms with van der Waals surface area (Å²) in [4.78, 5) is 14.4. The molecular formula is C12H10N4O. The summed E-state index contributed by atoms with van der Waals surface area (Å²) in [5.41, 5.74) is 1.54. The van der Waals surface area contributed by atoms with Crippen LogP contribution in [0.25, 0.3) is 5.69 Å². The number of carbonyl (C=O) groups excluding carboxylic acids is 1. The Balaban J connectivity index is 2.15. The zero-order valence-corrected chi connectivity index (χ0v) is 9.08. The molecule has 0 spiro atoms. The van der Waals surface area contributed by atoms with Crippen molar-refractivity contribution < 1.29 is 4.79 Å². The number of hydrogen-bond acceptors (Lipinski definition) is 4. The average molecular weight is 226 g/mol. The Kier molecular flexibility index (Phi) is 2.13. The van der Waals surface area contributed by atoms with E-state index >= 15 is 0 Å². The van der Waals surface area contributed by atoms with Gasteiger partial charge in [0.1, 0.15) is 5.54 Å². The molecule has 17 heavy (non-hydrogen) atoms. The van der Waals surface area contributed by atoms with Crippen molar-refractivity contribution in [1.29, 1.82) is 0 Å². The Morgan fingerprint density at radius 2 is 2.18 bits per heavy atom. The monoisotopic (exact) mass is 226 g/mol. The first-order valence-corrected chi connectivity index (χ1v) is 5.41. The summed E-state index contributed by atoms with van der Waals surface area (Å²) >= 11 is 0. The molecule has 5 nitrogen and oxygen atoms in total. The fourth-order valence-electron chi connectivity index (χ4n) is 2.05. The van der Waals surface area contributed by atoms with Gasteiger partial charge in [0.2, 0.25) is 6.08 Å². The Bertz CT molecular complexity index is 580. The fourth-order valence-corrected chi connectivity index (χ4v) is 2.05. The molecule has 0 N–H and O–H groups in total. The van der Waals surface area contributed by atoms with E-state index in [1.807, 2.05) is 24.3 Å². The van der Waals surface area contributed by atoms with Gasteiger partial charge in [0.05, 0.1) is 18.1 Å². The minimum absolute atomic E-state index is 0.385. The van der Waals surface area contributed by atoms with Crippen LogP contribution in [0.2, 0.25) is 0 Å². The minimum Gasteiger partial charge on any atom is -0.220 e. The molecule has 1 aliphatic rings. The predicted octanol–water partition coefficient (Wildman–Crippen LogP) is 1.59. The molecule has 84 valence electrons. The highest BCUT2D eigenvalue weighted by atomic mass is 16.1. The minimum atomic E-state index is -0.385. The lowest BCUT2D eigenvalue weighted by atomic mass is 10.0. The van der Waals surface area contributed by atoms with Crippen molar-refractivity contribution in [1.82, 2.24) is 15.0 Å². The van der Waals surface area contributed by atoms with E-state index in [1.165, 1.54) is 0 Å². The molecule has 0 unspecified atom stereocenters. The molecule has 0 bridgehead atoms. The van der Waals surface area contributed by atoms with Crippen molar-refractivity contribution in [2.75, 3.05) is 0 Å². The van der Waals surface area contributed by atoms with Crippen LogP contribution in [0.15, 0.2) is 41.7 Å². The molecule has 0 radical (unpaired) electrons. The van der Waals surface area contributed by atoms with Crippen molar-refractivity contribution in [3.8, 4) is 5.69 Å². The molecule has 5 heteroatoms. The quantitative estimate of drug-likeness (QED) is 0.589. The summed E-state index contributed by atoms with van der Waals surface area (Å²) < 4.78 is 1.69. The largest absolute Gasteiger partial charge is 0.235 e. The SMILES string of the molecule is O=C=NC1(c2ccccc2-n2ccnn2)CC1. The van der Waals surface area contributed by atoms with Gasteiger partial charge in [-0.3, -0.25) is 0 Å². The highest BCUT2D eigenvalue weighted by molar-refractivity contribution is 5.50. The highest BCUT2D eigenvalue weighted by Gasteiger charge is 2.46. The smallest absolute Gasteiger partial charge is 0.220 e. The number of benzene rings is 1. The zero-order chi connectivity index (χ0) is 11.7. The lowest BCUT2D eigenvalue weighted by Crippen LogP contribution is -2.09. The first-order chi connectivity index (χ1) is 8.36. The van der Waals surface area contributed by atoms with Crippen molar-refractivity contribution in [2.24, 2.45) is 4.99 Å². The van der Waals surface area contributed by atoms with Crippen LogP contribution in [0.4, 0.5) is 0 Å². The maximum Gasteiger partial charge on any atom is 0.235 e. The van der Waals surface area contributed by atoms with Gasteiger partial charge in [0.15, 0.2) is 0 Å². The molecule has 0 aliphatic heterocycles. The van der Waals surface area contributed by atoms with E-state index in [9.17, 15) is 4.79 Å². The molecule has 1 aromatic carbocycles. The Morgan fingerprint density at radius 1 is 1.35 bits per heavy atom. The van der Waals surface area contributed by atoms with Gasteiger partial charge in [-0.1, -0.05) is 23.4 Å². The Labute approximate surface area is 97.8 Å². The van der Waals surface area contributed by atoms with Crippen molar-refractivity contribution in [2.45, 2.75) is 18.4 Å². The third-order valence-electron chi connectivity index (χ3n) is 3.06. The number of rotatable bonds is 3. The summed E-state index contributed by atoms with van der Waals surface area (Å²) in [5.74, 6) is 0. The second kappa shape index (κ2) is 3.64. The summed E-state index contributed by atoms with van der Waals surface area (Å²) in [6, 6.07) is 7.80. The van der Waals surface area contributed by atoms with E-state index in [1.54, 1.807) is 23.2 Å². The average Bonchev–Trinajstić information content (AvgIpc) is 2.94. The summed E-state index contributed by atoms with van der Waals surface area (Å²) in [6.07, 6.45) is 6.84. The first-order valence-electron chi connectivity index (χ1n) is 5.41. The molecule has 3 rings (SSSR count). The summed E-state index contributed by atoms with van der Waals surface area (Å²) in [7, 11) is 0. The lowest BCUT2D eigenvalue weighted by molar-refractivity contribution is 0.556. The molecule has 1 heterocycles. The van der Waals surface area contributed by atoms with Crippen LogP contribution in [0.5, 0.6) is 0 Å². The second-order valence-electron chi connectivity index (χ2n) is 4.10. The molecule has 1 aliphatic carbocycles. The van der Waals surface area contributed by atoms with Crippen LogP contribution >= 0.6 is 0 Å². The zero-order valence-electron chi connectivity index (χ0n) is 9.08. The molecule has 1 saturated carbocycles. The first kappa shape index (κ1) is 9.93. The van der Waals surface area contributed by atoms with Gasteiger partial charge in [-0.05, 0) is 18.9 Å². The maximum absolute atomic E-state index is 10.5. The van der Waals surface area contributed by atoms with Crippen LogP contribution in [-0.4, -0.2) is 21.1 Å². The van der Waals surface area contributed by atoms with E-state index < -0.39 is 0 Å². The lowest BCUT2D eigenvalue weighted by Gasteiger charge is -2.13.